The van der Waals surface area contributed by atoms with Crippen LogP contribution in [0.2, 0.25) is 0 Å². The van der Waals surface area contributed by atoms with Gasteiger partial charge in [0.1, 0.15) is 11.6 Å². The molecule has 0 aliphatic carbocycles. The van der Waals surface area contributed by atoms with Crippen molar-refractivity contribution in [2.24, 2.45) is 0 Å². The molecule has 0 spiro atoms. The summed E-state index contributed by atoms with van der Waals surface area (Å²) in [4.78, 5) is 12.1. The number of rotatable bonds is 3. The minimum absolute atomic E-state index is 0.267. The zero-order chi connectivity index (χ0) is 16.2. The van der Waals surface area contributed by atoms with Crippen LogP contribution < -0.4 is 4.74 Å². The largest absolute Gasteiger partial charge is 0.423 e. The van der Waals surface area contributed by atoms with Crippen molar-refractivity contribution >= 4 is 28.6 Å². The first-order valence-corrected chi connectivity index (χ1v) is 8.03. The highest BCUT2D eigenvalue weighted by Gasteiger charge is 2.08. The second-order valence-electron chi connectivity index (χ2n) is 4.93. The molecule has 0 heterocycles. The van der Waals surface area contributed by atoms with Crippen LogP contribution in [0.3, 0.4) is 0 Å². The molecule has 2 nitrogen and oxygen atoms in total. The van der Waals surface area contributed by atoms with Crippen LogP contribution in [0.25, 0.3) is 11.1 Å². The van der Waals surface area contributed by atoms with Crippen LogP contribution in [0.4, 0.5) is 4.39 Å². The second kappa shape index (κ2) is 6.91. The lowest BCUT2D eigenvalue weighted by molar-refractivity contribution is 0.0735. The van der Waals surface area contributed by atoms with Gasteiger partial charge >= 0.3 is 5.97 Å². The van der Waals surface area contributed by atoms with Gasteiger partial charge in [0.15, 0.2) is 0 Å². The Balaban J connectivity index is 1.73. The van der Waals surface area contributed by atoms with Crippen molar-refractivity contribution in [1.29, 1.82) is 0 Å². The third-order valence-corrected chi connectivity index (χ3v) is 4.04. The smallest absolute Gasteiger partial charge is 0.343 e. The third kappa shape index (κ3) is 3.96. The molecule has 3 aromatic rings. The lowest BCUT2D eigenvalue weighted by Crippen LogP contribution is -2.08. The molecule has 0 atom stereocenters. The highest BCUT2D eigenvalue weighted by atomic mass is 127. The van der Waals surface area contributed by atoms with E-state index in [0.29, 0.717) is 11.3 Å². The van der Waals surface area contributed by atoms with Crippen LogP contribution >= 0.6 is 22.6 Å². The van der Waals surface area contributed by atoms with Gasteiger partial charge in [-0.2, -0.15) is 0 Å². The van der Waals surface area contributed by atoms with Crippen molar-refractivity contribution in [3.8, 4) is 16.9 Å². The van der Waals surface area contributed by atoms with Gasteiger partial charge < -0.3 is 4.74 Å². The number of carbonyl (C=O) groups is 1. The number of benzene rings is 3. The van der Waals surface area contributed by atoms with E-state index in [4.69, 9.17) is 4.74 Å². The number of hydrogen-bond acceptors (Lipinski definition) is 2. The van der Waals surface area contributed by atoms with Crippen LogP contribution in [0.1, 0.15) is 10.4 Å². The van der Waals surface area contributed by atoms with Crippen LogP contribution in [-0.4, -0.2) is 5.97 Å². The summed E-state index contributed by atoms with van der Waals surface area (Å²) < 4.78 is 19.3. The Morgan fingerprint density at radius 2 is 1.30 bits per heavy atom. The summed E-state index contributed by atoms with van der Waals surface area (Å²) >= 11 is 2.18. The highest BCUT2D eigenvalue weighted by Crippen LogP contribution is 2.23. The van der Waals surface area contributed by atoms with Crippen LogP contribution in [-0.2, 0) is 0 Å². The molecule has 0 fully saturated rings. The maximum atomic E-state index is 12.9. The molecule has 0 saturated carbocycles. The lowest BCUT2D eigenvalue weighted by Gasteiger charge is -2.06. The van der Waals surface area contributed by atoms with Crippen molar-refractivity contribution in [3.05, 3.63) is 87.7 Å². The normalized spacial score (nSPS) is 10.3. The molecule has 114 valence electrons. The van der Waals surface area contributed by atoms with Crippen LogP contribution in [0.15, 0.2) is 72.8 Å². The summed E-state index contributed by atoms with van der Waals surface area (Å²) in [5, 5.41) is 0. The molecular weight excluding hydrogens is 406 g/mol. The lowest BCUT2D eigenvalue weighted by atomic mass is 10.1. The average Bonchev–Trinajstić information content (AvgIpc) is 2.57. The summed E-state index contributed by atoms with van der Waals surface area (Å²) in [6.07, 6.45) is 0. The van der Waals surface area contributed by atoms with E-state index in [9.17, 15) is 9.18 Å². The fourth-order valence-electron chi connectivity index (χ4n) is 2.11. The SMILES string of the molecule is O=C(Oc1ccc(-c2ccc(F)cc2)cc1)c1ccc(I)cc1. The monoisotopic (exact) mass is 418 g/mol. The molecule has 0 radical (unpaired) electrons. The Hall–Kier alpha value is -2.21. The van der Waals surface area contributed by atoms with Crippen molar-refractivity contribution in [1.82, 2.24) is 0 Å². The molecule has 0 aromatic heterocycles. The minimum atomic E-state index is -0.393. The molecule has 23 heavy (non-hydrogen) atoms. The van der Waals surface area contributed by atoms with Crippen molar-refractivity contribution in [3.63, 3.8) is 0 Å². The van der Waals surface area contributed by atoms with Gasteiger partial charge in [-0.15, -0.1) is 0 Å². The Morgan fingerprint density at radius 3 is 1.87 bits per heavy atom. The zero-order valence-corrected chi connectivity index (χ0v) is 14.2. The first-order chi connectivity index (χ1) is 11.1. The van der Waals surface area contributed by atoms with E-state index in [-0.39, 0.29) is 5.82 Å². The Kier molecular flexibility index (Phi) is 4.71. The molecule has 3 rings (SSSR count). The molecule has 0 aliphatic rings. The van der Waals surface area contributed by atoms with E-state index in [0.717, 1.165) is 14.7 Å². The zero-order valence-electron chi connectivity index (χ0n) is 12.0. The first kappa shape index (κ1) is 15.7. The van der Waals surface area contributed by atoms with Crippen molar-refractivity contribution in [2.45, 2.75) is 0 Å². The van der Waals surface area contributed by atoms with E-state index in [2.05, 4.69) is 22.6 Å². The molecule has 0 saturated heterocycles. The average molecular weight is 418 g/mol. The van der Waals surface area contributed by atoms with E-state index < -0.39 is 5.97 Å². The minimum Gasteiger partial charge on any atom is -0.423 e. The number of carbonyl (C=O) groups excluding carboxylic acids is 1. The summed E-state index contributed by atoms with van der Waals surface area (Å²) in [6, 6.07) is 20.6. The van der Waals surface area contributed by atoms with Crippen LogP contribution in [0, 0.1) is 9.39 Å². The van der Waals surface area contributed by atoms with Gasteiger partial charge in [0.05, 0.1) is 5.56 Å². The van der Waals surface area contributed by atoms with Crippen molar-refractivity contribution in [2.75, 3.05) is 0 Å². The molecule has 0 unspecified atom stereocenters. The van der Waals surface area contributed by atoms with E-state index >= 15 is 0 Å². The Morgan fingerprint density at radius 1 is 0.783 bits per heavy atom. The Labute approximate surface area is 147 Å². The maximum Gasteiger partial charge on any atom is 0.343 e. The van der Waals surface area contributed by atoms with Crippen molar-refractivity contribution < 1.29 is 13.9 Å². The number of halogens is 2. The predicted molar refractivity (Wildman–Crippen MR) is 96.0 cm³/mol. The standard InChI is InChI=1S/C19H12FIO2/c20-16-7-1-13(2-8-16)14-5-11-18(12-6-14)23-19(22)15-3-9-17(21)10-4-15/h1-12H. The quantitative estimate of drug-likeness (QED) is 0.327. The second-order valence-corrected chi connectivity index (χ2v) is 6.17. The summed E-state index contributed by atoms with van der Waals surface area (Å²) in [5.74, 6) is -0.188. The number of hydrogen-bond donors (Lipinski definition) is 0. The fourth-order valence-corrected chi connectivity index (χ4v) is 2.47. The molecule has 4 heteroatoms. The van der Waals surface area contributed by atoms with Crippen LogP contribution in [0.5, 0.6) is 5.75 Å². The van der Waals surface area contributed by atoms with E-state index in [1.165, 1.54) is 12.1 Å². The van der Waals surface area contributed by atoms with E-state index in [1.807, 2.05) is 24.3 Å². The maximum absolute atomic E-state index is 12.9. The molecule has 0 amide bonds. The van der Waals surface area contributed by atoms with Gasteiger partial charge in [0.25, 0.3) is 0 Å². The van der Waals surface area contributed by atoms with E-state index in [1.54, 1.807) is 36.4 Å². The fraction of sp³-hybridized carbons (Fsp3) is 0. The van der Waals surface area contributed by atoms with Gasteiger partial charge in [-0.05, 0) is 82.2 Å². The third-order valence-electron chi connectivity index (χ3n) is 3.32. The summed E-state index contributed by atoms with van der Waals surface area (Å²) in [7, 11) is 0. The van der Waals surface area contributed by atoms with Gasteiger partial charge in [-0.25, -0.2) is 9.18 Å². The number of ether oxygens (including phenoxy) is 1. The van der Waals surface area contributed by atoms with Gasteiger partial charge in [-0.3, -0.25) is 0 Å². The topological polar surface area (TPSA) is 26.3 Å². The molecule has 0 N–H and O–H groups in total. The molecule has 3 aromatic carbocycles. The number of esters is 1. The molecule has 0 aliphatic heterocycles. The molecular formula is C19H12FIO2. The van der Waals surface area contributed by atoms with Gasteiger partial charge in [0, 0.05) is 3.57 Å². The summed E-state index contributed by atoms with van der Waals surface area (Å²) in [5.41, 5.74) is 2.34. The van der Waals surface area contributed by atoms with Gasteiger partial charge in [0.2, 0.25) is 0 Å². The summed E-state index contributed by atoms with van der Waals surface area (Å²) in [6.45, 7) is 0. The predicted octanol–water partition coefficient (Wildman–Crippen LogP) is 5.32. The molecule has 0 bridgehead atoms. The first-order valence-electron chi connectivity index (χ1n) is 6.95. The highest BCUT2D eigenvalue weighted by molar-refractivity contribution is 14.1. The Bertz CT molecular complexity index is 809. The van der Waals surface area contributed by atoms with Gasteiger partial charge in [-0.1, -0.05) is 24.3 Å².